The summed E-state index contributed by atoms with van der Waals surface area (Å²) in [6.45, 7) is 4.85. The fraction of sp³-hybridized carbons (Fsp3) is 0.500. The Kier molecular flexibility index (Phi) is 3.45. The van der Waals surface area contributed by atoms with E-state index in [1.54, 1.807) is 0 Å². The summed E-state index contributed by atoms with van der Waals surface area (Å²) in [6.07, 6.45) is 2.09. The van der Waals surface area contributed by atoms with E-state index < -0.39 is 0 Å². The van der Waals surface area contributed by atoms with Crippen LogP contribution in [0.15, 0.2) is 18.2 Å². The Morgan fingerprint density at radius 3 is 2.28 bits per heavy atom. The minimum Gasteiger partial charge on any atom is -0.508 e. The summed E-state index contributed by atoms with van der Waals surface area (Å²) < 4.78 is 0. The molecule has 4 nitrogen and oxygen atoms in total. The minimum atomic E-state index is -0.114. The molecule has 1 saturated carbocycles. The van der Waals surface area contributed by atoms with Crippen LogP contribution in [0.5, 0.6) is 11.5 Å². The van der Waals surface area contributed by atoms with Crippen molar-refractivity contribution in [1.82, 2.24) is 4.90 Å². The van der Waals surface area contributed by atoms with Crippen molar-refractivity contribution in [3.63, 3.8) is 0 Å². The molecular weight excluding hydrogens is 230 g/mol. The second-order valence-corrected chi connectivity index (χ2v) is 5.32. The SMILES string of the molecule is CC(C)CN(C(=O)c1cc(O)cc(O)c1)C1CC1. The van der Waals surface area contributed by atoms with Gasteiger partial charge in [-0.3, -0.25) is 4.79 Å². The Balaban J connectivity index is 2.21. The van der Waals surface area contributed by atoms with Gasteiger partial charge in [0.05, 0.1) is 0 Å². The molecule has 1 fully saturated rings. The summed E-state index contributed by atoms with van der Waals surface area (Å²) in [6, 6.07) is 4.35. The predicted octanol–water partition coefficient (Wildman–Crippen LogP) is 2.36. The van der Waals surface area contributed by atoms with Crippen LogP contribution in [0.2, 0.25) is 0 Å². The Hall–Kier alpha value is -1.71. The number of hydrogen-bond donors (Lipinski definition) is 2. The highest BCUT2D eigenvalue weighted by Gasteiger charge is 2.33. The molecule has 2 rings (SSSR count). The van der Waals surface area contributed by atoms with Crippen LogP contribution in [0.3, 0.4) is 0 Å². The summed E-state index contributed by atoms with van der Waals surface area (Å²) in [7, 11) is 0. The maximum Gasteiger partial charge on any atom is 0.254 e. The number of phenols is 2. The molecule has 0 heterocycles. The maximum atomic E-state index is 12.4. The summed E-state index contributed by atoms with van der Waals surface area (Å²) in [5.74, 6) is 0.121. The molecule has 0 unspecified atom stereocenters. The van der Waals surface area contributed by atoms with E-state index in [2.05, 4.69) is 13.8 Å². The fourth-order valence-corrected chi connectivity index (χ4v) is 2.06. The molecule has 1 aromatic carbocycles. The number of phenolic OH excluding ortho intramolecular Hbond substituents is 2. The molecule has 1 amide bonds. The van der Waals surface area contributed by atoms with Crippen molar-refractivity contribution in [2.75, 3.05) is 6.54 Å². The Morgan fingerprint density at radius 1 is 1.28 bits per heavy atom. The number of benzene rings is 1. The van der Waals surface area contributed by atoms with E-state index in [0.29, 0.717) is 24.1 Å². The molecule has 1 aliphatic carbocycles. The van der Waals surface area contributed by atoms with Crippen molar-refractivity contribution in [1.29, 1.82) is 0 Å². The van der Waals surface area contributed by atoms with E-state index in [0.717, 1.165) is 12.8 Å². The van der Waals surface area contributed by atoms with Gasteiger partial charge in [0.2, 0.25) is 0 Å². The van der Waals surface area contributed by atoms with Crippen LogP contribution in [-0.4, -0.2) is 33.6 Å². The highest BCUT2D eigenvalue weighted by molar-refractivity contribution is 5.95. The van der Waals surface area contributed by atoms with Gasteiger partial charge in [0, 0.05) is 24.2 Å². The van der Waals surface area contributed by atoms with Crippen molar-refractivity contribution < 1.29 is 15.0 Å². The number of nitrogens with zero attached hydrogens (tertiary/aromatic N) is 1. The summed E-state index contributed by atoms with van der Waals surface area (Å²) >= 11 is 0. The third kappa shape index (κ3) is 2.94. The molecule has 1 aliphatic rings. The first-order valence-corrected chi connectivity index (χ1v) is 6.31. The molecule has 0 atom stereocenters. The van der Waals surface area contributed by atoms with Crippen molar-refractivity contribution >= 4 is 5.91 Å². The molecular formula is C14H19NO3. The lowest BCUT2D eigenvalue weighted by molar-refractivity contribution is 0.0721. The number of carbonyl (C=O) groups is 1. The van der Waals surface area contributed by atoms with Gasteiger partial charge in [-0.15, -0.1) is 0 Å². The molecule has 4 heteroatoms. The first-order valence-electron chi connectivity index (χ1n) is 6.31. The molecule has 0 aromatic heterocycles. The third-order valence-corrected chi connectivity index (χ3v) is 2.96. The zero-order valence-electron chi connectivity index (χ0n) is 10.8. The van der Waals surface area contributed by atoms with Gasteiger partial charge in [-0.1, -0.05) is 13.8 Å². The lowest BCUT2D eigenvalue weighted by atomic mass is 10.1. The van der Waals surface area contributed by atoms with E-state index in [-0.39, 0.29) is 17.4 Å². The van der Waals surface area contributed by atoms with Crippen LogP contribution in [0.1, 0.15) is 37.0 Å². The molecule has 1 aromatic rings. The number of rotatable bonds is 4. The van der Waals surface area contributed by atoms with Gasteiger partial charge in [0.1, 0.15) is 11.5 Å². The van der Waals surface area contributed by atoms with Gasteiger partial charge >= 0.3 is 0 Å². The van der Waals surface area contributed by atoms with Crippen LogP contribution in [0.4, 0.5) is 0 Å². The summed E-state index contributed by atoms with van der Waals surface area (Å²) in [5.41, 5.74) is 0.347. The van der Waals surface area contributed by atoms with Gasteiger partial charge in [-0.25, -0.2) is 0 Å². The van der Waals surface area contributed by atoms with Crippen LogP contribution in [0, 0.1) is 5.92 Å². The van der Waals surface area contributed by atoms with Crippen molar-refractivity contribution in [2.45, 2.75) is 32.7 Å². The Labute approximate surface area is 107 Å². The van der Waals surface area contributed by atoms with Crippen molar-refractivity contribution in [3.05, 3.63) is 23.8 Å². The molecule has 18 heavy (non-hydrogen) atoms. The maximum absolute atomic E-state index is 12.4. The minimum absolute atomic E-state index is 0.0846. The zero-order valence-corrected chi connectivity index (χ0v) is 10.8. The van der Waals surface area contributed by atoms with Gasteiger partial charge in [0.15, 0.2) is 0 Å². The number of aromatic hydroxyl groups is 2. The first kappa shape index (κ1) is 12.7. The quantitative estimate of drug-likeness (QED) is 0.861. The molecule has 0 spiro atoms. The topological polar surface area (TPSA) is 60.8 Å². The van der Waals surface area contributed by atoms with E-state index in [9.17, 15) is 15.0 Å². The fourth-order valence-electron chi connectivity index (χ4n) is 2.06. The lowest BCUT2D eigenvalue weighted by Crippen LogP contribution is -2.36. The normalized spacial score (nSPS) is 14.8. The van der Waals surface area contributed by atoms with E-state index >= 15 is 0 Å². The largest absolute Gasteiger partial charge is 0.508 e. The number of carbonyl (C=O) groups excluding carboxylic acids is 1. The van der Waals surface area contributed by atoms with E-state index in [1.165, 1.54) is 18.2 Å². The molecule has 98 valence electrons. The van der Waals surface area contributed by atoms with Crippen LogP contribution in [-0.2, 0) is 0 Å². The predicted molar refractivity (Wildman–Crippen MR) is 68.7 cm³/mol. The third-order valence-electron chi connectivity index (χ3n) is 2.96. The van der Waals surface area contributed by atoms with Gasteiger partial charge in [-0.2, -0.15) is 0 Å². The average molecular weight is 249 g/mol. The first-order chi connectivity index (χ1) is 8.47. The smallest absolute Gasteiger partial charge is 0.254 e. The highest BCUT2D eigenvalue weighted by Crippen LogP contribution is 2.30. The van der Waals surface area contributed by atoms with Crippen molar-refractivity contribution in [3.8, 4) is 11.5 Å². The van der Waals surface area contributed by atoms with Gasteiger partial charge in [0.25, 0.3) is 5.91 Å². The second kappa shape index (κ2) is 4.88. The average Bonchev–Trinajstić information content (AvgIpc) is 3.07. The number of hydrogen-bond acceptors (Lipinski definition) is 3. The van der Waals surface area contributed by atoms with Crippen LogP contribution < -0.4 is 0 Å². The molecule has 0 radical (unpaired) electrons. The Morgan fingerprint density at radius 2 is 1.83 bits per heavy atom. The number of amides is 1. The zero-order chi connectivity index (χ0) is 13.3. The molecule has 2 N–H and O–H groups in total. The summed E-state index contributed by atoms with van der Waals surface area (Å²) in [4.78, 5) is 14.2. The standard InChI is InChI=1S/C14H19NO3/c1-9(2)8-15(11-3-4-11)14(18)10-5-12(16)7-13(17)6-10/h5-7,9,11,16-17H,3-4,8H2,1-2H3. The lowest BCUT2D eigenvalue weighted by Gasteiger charge is -2.24. The monoisotopic (exact) mass is 249 g/mol. The Bertz CT molecular complexity index is 432. The van der Waals surface area contributed by atoms with Gasteiger partial charge in [-0.05, 0) is 30.9 Å². The van der Waals surface area contributed by atoms with E-state index in [1.807, 2.05) is 4.90 Å². The molecule has 0 bridgehead atoms. The second-order valence-electron chi connectivity index (χ2n) is 5.32. The van der Waals surface area contributed by atoms with Crippen LogP contribution >= 0.6 is 0 Å². The van der Waals surface area contributed by atoms with Crippen LogP contribution in [0.25, 0.3) is 0 Å². The van der Waals surface area contributed by atoms with Crippen molar-refractivity contribution in [2.24, 2.45) is 5.92 Å². The van der Waals surface area contributed by atoms with E-state index in [4.69, 9.17) is 0 Å². The highest BCUT2D eigenvalue weighted by atomic mass is 16.3. The van der Waals surface area contributed by atoms with Gasteiger partial charge < -0.3 is 15.1 Å². The molecule has 0 saturated heterocycles. The molecule has 0 aliphatic heterocycles. The summed E-state index contributed by atoms with van der Waals surface area (Å²) in [5, 5.41) is 18.9.